The van der Waals surface area contributed by atoms with Crippen LogP contribution in [0.4, 0.5) is 18.9 Å². The first-order valence-corrected chi connectivity index (χ1v) is 11.9. The minimum atomic E-state index is -4.46. The maximum atomic E-state index is 13.5. The van der Waals surface area contributed by atoms with Gasteiger partial charge >= 0.3 is 6.18 Å². The minimum absolute atomic E-state index is 0.0348. The standard InChI is InChI=1S/C26H33F3N4O/c1-16-10-20(31-24(34)13-19-11-17(2)32(4)18(3)12-19)15-33(14-16)23-8-7-22(26(27,28)29)25-21(23)6-5-9-30-25/h5-9,16,18-20H,2,10-15H2,1,3-4H3,(H,31,34)/t16-,18?,19?,20+/m0/s1. The third-order valence-corrected chi connectivity index (χ3v) is 7.25. The van der Waals surface area contributed by atoms with Crippen LogP contribution >= 0.6 is 0 Å². The van der Waals surface area contributed by atoms with Crippen molar-refractivity contribution in [1.29, 1.82) is 0 Å². The lowest BCUT2D eigenvalue weighted by Gasteiger charge is -2.40. The summed E-state index contributed by atoms with van der Waals surface area (Å²) in [6.45, 7) is 9.67. The van der Waals surface area contributed by atoms with E-state index in [9.17, 15) is 18.0 Å². The van der Waals surface area contributed by atoms with Crippen molar-refractivity contribution in [1.82, 2.24) is 15.2 Å². The molecular formula is C26H33F3N4O. The Bertz CT molecular complexity index is 1070. The van der Waals surface area contributed by atoms with Crippen molar-refractivity contribution < 1.29 is 18.0 Å². The Morgan fingerprint density at radius 3 is 2.68 bits per heavy atom. The van der Waals surface area contributed by atoms with Crippen LogP contribution in [-0.2, 0) is 11.0 Å². The van der Waals surface area contributed by atoms with E-state index < -0.39 is 11.7 Å². The molecule has 1 N–H and O–H groups in total. The van der Waals surface area contributed by atoms with E-state index in [0.29, 0.717) is 30.9 Å². The fourth-order valence-electron chi connectivity index (χ4n) is 5.53. The zero-order valence-corrected chi connectivity index (χ0v) is 20.0. The van der Waals surface area contributed by atoms with Crippen molar-refractivity contribution in [3.8, 4) is 0 Å². The Balaban J connectivity index is 1.48. The number of nitrogens with zero attached hydrogens (tertiary/aromatic N) is 3. The normalized spacial score (nSPS) is 26.1. The van der Waals surface area contributed by atoms with Gasteiger partial charge in [0, 0.05) is 61.6 Å². The molecule has 34 heavy (non-hydrogen) atoms. The van der Waals surface area contributed by atoms with Gasteiger partial charge in [0.25, 0.3) is 0 Å². The number of allylic oxidation sites excluding steroid dienone is 1. The highest BCUT2D eigenvalue weighted by Gasteiger charge is 2.35. The summed E-state index contributed by atoms with van der Waals surface area (Å²) in [4.78, 5) is 21.2. The fraction of sp³-hybridized carbons (Fsp3) is 0.538. The van der Waals surface area contributed by atoms with E-state index in [0.717, 1.165) is 36.7 Å². The van der Waals surface area contributed by atoms with Gasteiger partial charge in [-0.05, 0) is 62.3 Å². The topological polar surface area (TPSA) is 48.5 Å². The number of carbonyl (C=O) groups is 1. The number of halogens is 3. The highest BCUT2D eigenvalue weighted by molar-refractivity contribution is 5.94. The molecule has 3 heterocycles. The number of fused-ring (bicyclic) bond motifs is 1. The molecule has 1 aromatic heterocycles. The first-order chi connectivity index (χ1) is 16.0. The number of alkyl halides is 3. The van der Waals surface area contributed by atoms with Gasteiger partial charge < -0.3 is 15.1 Å². The van der Waals surface area contributed by atoms with Crippen LogP contribution in [0.3, 0.4) is 0 Å². The molecule has 4 rings (SSSR count). The molecule has 0 saturated carbocycles. The molecule has 2 fully saturated rings. The molecule has 2 saturated heterocycles. The lowest BCUT2D eigenvalue weighted by Crippen LogP contribution is -2.51. The van der Waals surface area contributed by atoms with Crippen molar-refractivity contribution in [3.05, 3.63) is 48.3 Å². The van der Waals surface area contributed by atoms with Crippen molar-refractivity contribution >= 4 is 22.5 Å². The van der Waals surface area contributed by atoms with Crippen molar-refractivity contribution in [2.75, 3.05) is 25.0 Å². The number of rotatable bonds is 4. The van der Waals surface area contributed by atoms with Crippen LogP contribution in [0.5, 0.6) is 0 Å². The molecule has 2 aliphatic heterocycles. The fourth-order valence-corrected chi connectivity index (χ4v) is 5.53. The van der Waals surface area contributed by atoms with Crippen molar-refractivity contribution in [2.24, 2.45) is 11.8 Å². The Hall–Kier alpha value is -2.77. The number of benzene rings is 1. The largest absolute Gasteiger partial charge is 0.418 e. The third-order valence-electron chi connectivity index (χ3n) is 7.25. The molecule has 0 radical (unpaired) electrons. The van der Waals surface area contributed by atoms with Gasteiger partial charge in [-0.25, -0.2) is 0 Å². The zero-order valence-electron chi connectivity index (χ0n) is 20.0. The van der Waals surface area contributed by atoms with E-state index in [1.165, 1.54) is 12.3 Å². The summed E-state index contributed by atoms with van der Waals surface area (Å²) in [5, 5.41) is 3.68. The molecule has 0 spiro atoms. The van der Waals surface area contributed by atoms with E-state index >= 15 is 0 Å². The maximum absolute atomic E-state index is 13.5. The van der Waals surface area contributed by atoms with Crippen LogP contribution in [0, 0.1) is 11.8 Å². The summed E-state index contributed by atoms with van der Waals surface area (Å²) in [5.41, 5.74) is 1.03. The summed E-state index contributed by atoms with van der Waals surface area (Å²) in [7, 11) is 2.04. The van der Waals surface area contributed by atoms with Crippen molar-refractivity contribution in [3.63, 3.8) is 0 Å². The van der Waals surface area contributed by atoms with Gasteiger partial charge in [-0.1, -0.05) is 13.5 Å². The Labute approximate surface area is 199 Å². The summed E-state index contributed by atoms with van der Waals surface area (Å²) < 4.78 is 40.5. The van der Waals surface area contributed by atoms with E-state index in [2.05, 4.69) is 40.5 Å². The third kappa shape index (κ3) is 5.15. The Morgan fingerprint density at radius 2 is 1.97 bits per heavy atom. The molecule has 1 amide bonds. The number of pyridine rings is 1. The number of amides is 1. The first-order valence-electron chi connectivity index (χ1n) is 11.9. The second-order valence-electron chi connectivity index (χ2n) is 10.1. The van der Waals surface area contributed by atoms with Crippen LogP contribution in [0.15, 0.2) is 42.7 Å². The maximum Gasteiger partial charge on any atom is 0.418 e. The number of aromatic nitrogens is 1. The minimum Gasteiger partial charge on any atom is -0.376 e. The van der Waals surface area contributed by atoms with E-state index in [1.807, 2.05) is 7.05 Å². The van der Waals surface area contributed by atoms with E-state index in [-0.39, 0.29) is 29.3 Å². The van der Waals surface area contributed by atoms with Gasteiger partial charge in [-0.15, -0.1) is 0 Å². The average Bonchev–Trinajstić information content (AvgIpc) is 2.75. The number of carbonyl (C=O) groups excluding carboxylic acids is 1. The van der Waals surface area contributed by atoms with E-state index in [1.54, 1.807) is 12.1 Å². The SMILES string of the molecule is C=C1CC(CC(=O)N[C@@H]2C[C@H](C)CN(c3ccc(C(F)(F)F)c4ncccc34)C2)CC(C)N1C. The molecule has 184 valence electrons. The molecule has 2 aliphatic rings. The summed E-state index contributed by atoms with van der Waals surface area (Å²) in [6.07, 6.45) is 0.0206. The molecule has 8 heteroatoms. The lowest BCUT2D eigenvalue weighted by atomic mass is 9.87. The summed E-state index contributed by atoms with van der Waals surface area (Å²) in [6, 6.07) is 6.31. The number of nitrogens with one attached hydrogen (secondary N) is 1. The highest BCUT2D eigenvalue weighted by atomic mass is 19.4. The van der Waals surface area contributed by atoms with Crippen molar-refractivity contribution in [2.45, 2.75) is 57.8 Å². The van der Waals surface area contributed by atoms with Gasteiger partial charge in [-0.2, -0.15) is 13.2 Å². The molecule has 1 aromatic carbocycles. The van der Waals surface area contributed by atoms with Crippen LogP contribution in [-0.4, -0.2) is 48.0 Å². The average molecular weight is 475 g/mol. The number of piperidine rings is 2. The number of anilines is 1. The van der Waals surface area contributed by atoms with Gasteiger partial charge in [0.2, 0.25) is 5.91 Å². The molecule has 2 unspecified atom stereocenters. The predicted octanol–water partition coefficient (Wildman–Crippen LogP) is 5.22. The van der Waals surface area contributed by atoms with Crippen LogP contribution in [0.25, 0.3) is 10.9 Å². The quantitative estimate of drug-likeness (QED) is 0.660. The first kappa shape index (κ1) is 24.4. The van der Waals surface area contributed by atoms with Gasteiger partial charge in [0.15, 0.2) is 0 Å². The Kier molecular flexibility index (Phi) is 6.78. The van der Waals surface area contributed by atoms with Gasteiger partial charge in [0.1, 0.15) is 0 Å². The monoisotopic (exact) mass is 474 g/mol. The lowest BCUT2D eigenvalue weighted by molar-refractivity contribution is -0.136. The molecule has 4 atom stereocenters. The van der Waals surface area contributed by atoms with Gasteiger partial charge in [0.05, 0.1) is 11.1 Å². The number of likely N-dealkylation sites (tertiary alicyclic amines) is 1. The van der Waals surface area contributed by atoms with Crippen LogP contribution < -0.4 is 10.2 Å². The second-order valence-corrected chi connectivity index (χ2v) is 10.1. The molecule has 5 nitrogen and oxygen atoms in total. The smallest absolute Gasteiger partial charge is 0.376 e. The number of hydrogen-bond acceptors (Lipinski definition) is 4. The molecule has 0 bridgehead atoms. The van der Waals surface area contributed by atoms with Gasteiger partial charge in [-0.3, -0.25) is 9.78 Å². The summed E-state index contributed by atoms with van der Waals surface area (Å²) >= 11 is 0. The van der Waals surface area contributed by atoms with Crippen LogP contribution in [0.2, 0.25) is 0 Å². The Morgan fingerprint density at radius 1 is 1.21 bits per heavy atom. The van der Waals surface area contributed by atoms with Crippen LogP contribution in [0.1, 0.15) is 45.1 Å². The zero-order chi connectivity index (χ0) is 24.6. The molecule has 2 aromatic rings. The predicted molar refractivity (Wildman–Crippen MR) is 128 cm³/mol. The van der Waals surface area contributed by atoms with E-state index in [4.69, 9.17) is 0 Å². The second kappa shape index (κ2) is 9.47. The highest BCUT2D eigenvalue weighted by Crippen LogP contribution is 2.38. The summed E-state index contributed by atoms with van der Waals surface area (Å²) in [5.74, 6) is 0.601. The molecular weight excluding hydrogens is 441 g/mol. The number of hydrogen-bond donors (Lipinski definition) is 1. The molecule has 0 aliphatic carbocycles.